The number of aromatic nitrogens is 2. The number of hydrogen-bond acceptors (Lipinski definition) is 7. The molecule has 0 spiro atoms. The van der Waals surface area contributed by atoms with Crippen LogP contribution < -0.4 is 11.2 Å². The summed E-state index contributed by atoms with van der Waals surface area (Å²) in [6, 6.07) is 0. The Bertz CT molecular complexity index is 747. The van der Waals surface area contributed by atoms with Crippen LogP contribution in [0, 0.1) is 3.57 Å². The van der Waals surface area contributed by atoms with Crippen LogP contribution in [0.5, 0.6) is 0 Å². The first-order valence-corrected chi connectivity index (χ1v) is 10.4. The van der Waals surface area contributed by atoms with Crippen molar-refractivity contribution in [3.8, 4) is 0 Å². The van der Waals surface area contributed by atoms with Crippen molar-refractivity contribution in [2.45, 2.75) is 44.8 Å². The van der Waals surface area contributed by atoms with E-state index in [1.807, 2.05) is 0 Å². The Labute approximate surface area is 152 Å². The molecule has 4 atom stereocenters. The van der Waals surface area contributed by atoms with Gasteiger partial charge in [-0.05, 0) is 36.4 Å². The van der Waals surface area contributed by atoms with Gasteiger partial charge in [0.05, 0.1) is 22.4 Å². The number of aliphatic hydroxyl groups excluding tert-OH is 1. The van der Waals surface area contributed by atoms with Gasteiger partial charge in [0.25, 0.3) is 5.56 Å². The van der Waals surface area contributed by atoms with Crippen LogP contribution in [0.3, 0.4) is 0 Å². The van der Waals surface area contributed by atoms with Gasteiger partial charge in [-0.1, -0.05) is 0 Å². The molecule has 2 unspecified atom stereocenters. The van der Waals surface area contributed by atoms with Gasteiger partial charge < -0.3 is 18.9 Å². The Morgan fingerprint density at radius 1 is 1.54 bits per heavy atom. The van der Waals surface area contributed by atoms with Gasteiger partial charge in [0.1, 0.15) is 12.3 Å². The molecule has 2 N–H and O–H groups in total. The number of halogens is 1. The fraction of sp³-hybridized carbons (Fsp3) is 0.692. The van der Waals surface area contributed by atoms with E-state index in [0.717, 1.165) is 0 Å². The molecule has 9 nitrogen and oxygen atoms in total. The predicted molar refractivity (Wildman–Crippen MR) is 94.3 cm³/mol. The van der Waals surface area contributed by atoms with Gasteiger partial charge in [0, 0.05) is 19.3 Å². The highest BCUT2D eigenvalue weighted by molar-refractivity contribution is 14.1. The summed E-state index contributed by atoms with van der Waals surface area (Å²) in [7, 11) is -3.33. The Morgan fingerprint density at radius 3 is 2.79 bits per heavy atom. The first kappa shape index (κ1) is 19.8. The molecule has 1 aromatic rings. The van der Waals surface area contributed by atoms with Crippen molar-refractivity contribution in [3.63, 3.8) is 0 Å². The van der Waals surface area contributed by atoms with E-state index in [9.17, 15) is 19.3 Å². The molecular weight excluding hydrogens is 454 g/mol. The number of aromatic amines is 1. The van der Waals surface area contributed by atoms with E-state index in [4.69, 9.17) is 13.8 Å². The highest BCUT2D eigenvalue weighted by Crippen LogP contribution is 2.49. The molecule has 0 aromatic carbocycles. The van der Waals surface area contributed by atoms with Crippen molar-refractivity contribution in [2.24, 2.45) is 0 Å². The number of H-pyrrole nitrogens is 1. The Kier molecular flexibility index (Phi) is 6.43. The molecule has 136 valence electrons. The monoisotopic (exact) mass is 474 g/mol. The van der Waals surface area contributed by atoms with Crippen LogP contribution in [0.4, 0.5) is 0 Å². The molecule has 0 saturated carbocycles. The van der Waals surface area contributed by atoms with E-state index in [2.05, 4.69) is 4.98 Å². The fourth-order valence-corrected chi connectivity index (χ4v) is 4.44. The topological polar surface area (TPSA) is 120 Å². The molecule has 0 radical (unpaired) electrons. The minimum absolute atomic E-state index is 0.187. The molecule has 1 aliphatic rings. The summed E-state index contributed by atoms with van der Waals surface area (Å²) in [5.41, 5.74) is -1.11. The van der Waals surface area contributed by atoms with Crippen molar-refractivity contribution < 1.29 is 23.5 Å². The van der Waals surface area contributed by atoms with Crippen molar-refractivity contribution in [1.29, 1.82) is 0 Å². The average molecular weight is 474 g/mol. The largest absolute Gasteiger partial charge is 0.394 e. The Balaban J connectivity index is 2.20. The zero-order valence-corrected chi connectivity index (χ0v) is 16.5. The Hall–Kier alpha value is -0.520. The summed E-state index contributed by atoms with van der Waals surface area (Å²) in [6.45, 7) is 4.46. The van der Waals surface area contributed by atoms with Crippen LogP contribution in [-0.4, -0.2) is 46.2 Å². The molecule has 11 heteroatoms. The lowest BCUT2D eigenvalue weighted by molar-refractivity contribution is -0.0442. The second-order valence-corrected chi connectivity index (χ2v) is 8.89. The zero-order valence-electron chi connectivity index (χ0n) is 13.5. The van der Waals surface area contributed by atoms with Crippen molar-refractivity contribution in [3.05, 3.63) is 30.6 Å². The summed E-state index contributed by atoms with van der Waals surface area (Å²) in [4.78, 5) is 25.6. The number of nitrogens with zero attached hydrogens (tertiary/aromatic N) is 1. The maximum absolute atomic E-state index is 12.4. The second-order valence-electron chi connectivity index (χ2n) is 5.76. The van der Waals surface area contributed by atoms with E-state index in [1.165, 1.54) is 17.4 Å². The van der Waals surface area contributed by atoms with Gasteiger partial charge in [-0.15, -0.1) is 0 Å². The van der Waals surface area contributed by atoms with Gasteiger partial charge in [0.2, 0.25) is 0 Å². The highest BCUT2D eigenvalue weighted by Gasteiger charge is 2.40. The van der Waals surface area contributed by atoms with Crippen LogP contribution in [0.25, 0.3) is 0 Å². The number of nitrogens with one attached hydrogen (secondary N) is 1. The van der Waals surface area contributed by atoms with E-state index >= 15 is 0 Å². The van der Waals surface area contributed by atoms with Gasteiger partial charge in [-0.2, -0.15) is 0 Å². The standard InChI is InChI=1S/C13H20IN2O7P/c1-7(2)22-24(3,20)23-9-4-11(21-10(9)6-17)16-5-8(14)12(18)15-13(16)19/h5,7,9-11,17H,4,6H2,1-3H3,(H,15,18,19)/t9?,10-,11-,24?/m1/s1. The lowest BCUT2D eigenvalue weighted by Gasteiger charge is -2.22. The highest BCUT2D eigenvalue weighted by atomic mass is 127. The number of hydrogen-bond donors (Lipinski definition) is 2. The van der Waals surface area contributed by atoms with Gasteiger partial charge in [-0.3, -0.25) is 18.9 Å². The maximum Gasteiger partial charge on any atom is 0.330 e. The third-order valence-corrected chi connectivity index (χ3v) is 5.55. The van der Waals surface area contributed by atoms with E-state index < -0.39 is 37.3 Å². The third kappa shape index (κ3) is 4.77. The molecular formula is C13H20IN2O7P. The Morgan fingerprint density at radius 2 is 2.21 bits per heavy atom. The maximum atomic E-state index is 12.4. The smallest absolute Gasteiger partial charge is 0.330 e. The van der Waals surface area contributed by atoms with Crippen molar-refractivity contribution in [1.82, 2.24) is 9.55 Å². The molecule has 2 rings (SSSR count). The molecule has 1 aliphatic heterocycles. The summed E-state index contributed by atoms with van der Waals surface area (Å²) in [6.07, 6.45) is -0.924. The second kappa shape index (κ2) is 7.79. The summed E-state index contributed by atoms with van der Waals surface area (Å²) in [5.74, 6) is 0. The summed E-state index contributed by atoms with van der Waals surface area (Å²) < 4.78 is 30.3. The minimum Gasteiger partial charge on any atom is -0.394 e. The number of ether oxygens (including phenoxy) is 1. The van der Waals surface area contributed by atoms with Crippen LogP contribution in [0.15, 0.2) is 15.8 Å². The van der Waals surface area contributed by atoms with Gasteiger partial charge >= 0.3 is 13.3 Å². The third-order valence-electron chi connectivity index (χ3n) is 3.32. The molecule has 1 fully saturated rings. The van der Waals surface area contributed by atoms with Crippen LogP contribution in [0.2, 0.25) is 0 Å². The minimum atomic E-state index is -3.33. The van der Waals surface area contributed by atoms with E-state index in [1.54, 1.807) is 36.4 Å². The normalized spacial score (nSPS) is 26.7. The lowest BCUT2D eigenvalue weighted by Crippen LogP contribution is -2.33. The van der Waals surface area contributed by atoms with Crippen LogP contribution in [0.1, 0.15) is 26.5 Å². The van der Waals surface area contributed by atoms with Crippen molar-refractivity contribution >= 4 is 30.2 Å². The predicted octanol–water partition coefficient (Wildman–Crippen LogP) is 1.05. The average Bonchev–Trinajstić information content (AvgIpc) is 2.83. The summed E-state index contributed by atoms with van der Waals surface area (Å²) in [5, 5.41) is 9.47. The van der Waals surface area contributed by atoms with Gasteiger partial charge in [0.15, 0.2) is 0 Å². The molecule has 1 aromatic heterocycles. The number of aliphatic hydroxyl groups is 1. The van der Waals surface area contributed by atoms with E-state index in [0.29, 0.717) is 3.57 Å². The quantitative estimate of drug-likeness (QED) is 0.468. The fourth-order valence-electron chi connectivity index (χ4n) is 2.47. The molecule has 1 saturated heterocycles. The summed E-state index contributed by atoms with van der Waals surface area (Å²) >= 11 is 1.80. The molecule has 0 amide bonds. The lowest BCUT2D eigenvalue weighted by atomic mass is 10.2. The first-order chi connectivity index (χ1) is 11.1. The van der Waals surface area contributed by atoms with Crippen molar-refractivity contribution in [2.75, 3.05) is 13.3 Å². The SMILES string of the molecule is CC(C)OP(C)(=O)OC1C[C@H](n2cc(I)c(=O)[nH]c2=O)O[C@@H]1CO. The van der Waals surface area contributed by atoms with Crippen LogP contribution >= 0.6 is 30.2 Å². The first-order valence-electron chi connectivity index (χ1n) is 7.34. The number of rotatable bonds is 6. The molecule has 24 heavy (non-hydrogen) atoms. The van der Waals surface area contributed by atoms with Crippen LogP contribution in [-0.2, 0) is 18.3 Å². The van der Waals surface area contributed by atoms with Gasteiger partial charge in [-0.25, -0.2) is 4.79 Å². The molecule has 2 heterocycles. The zero-order chi connectivity index (χ0) is 18.1. The molecule has 0 bridgehead atoms. The van der Waals surface area contributed by atoms with E-state index in [-0.39, 0.29) is 19.1 Å². The molecule has 0 aliphatic carbocycles.